The summed E-state index contributed by atoms with van der Waals surface area (Å²) in [6, 6.07) is 5.86. The predicted molar refractivity (Wildman–Crippen MR) is 77.3 cm³/mol. The largest absolute Gasteiger partial charge is 0.497 e. The van der Waals surface area contributed by atoms with Crippen molar-refractivity contribution in [2.75, 3.05) is 33.0 Å². The summed E-state index contributed by atoms with van der Waals surface area (Å²) in [7, 11) is 3.77. The van der Waals surface area contributed by atoms with Crippen LogP contribution in [0.5, 0.6) is 5.75 Å². The summed E-state index contributed by atoms with van der Waals surface area (Å²) in [4.78, 5) is 2.27. The Labute approximate surface area is 115 Å². The van der Waals surface area contributed by atoms with E-state index in [2.05, 4.69) is 11.9 Å². The number of nitrogens with zero attached hydrogens (tertiary/aromatic N) is 1. The van der Waals surface area contributed by atoms with Gasteiger partial charge in [-0.25, -0.2) is 0 Å². The highest BCUT2D eigenvalue weighted by Crippen LogP contribution is 2.21. The molecule has 106 valence electrons. The molecule has 0 amide bonds. The maximum atomic E-state index is 6.04. The van der Waals surface area contributed by atoms with Gasteiger partial charge in [0.2, 0.25) is 0 Å². The Morgan fingerprint density at radius 3 is 2.89 bits per heavy atom. The molecule has 2 rings (SSSR count). The summed E-state index contributed by atoms with van der Waals surface area (Å²) in [5.41, 5.74) is 7.97. The predicted octanol–water partition coefficient (Wildman–Crippen LogP) is 2.28. The van der Waals surface area contributed by atoms with Crippen LogP contribution in [0.4, 0.5) is 5.69 Å². The molecule has 4 nitrogen and oxygen atoms in total. The average molecular weight is 264 g/mol. The van der Waals surface area contributed by atoms with Crippen LogP contribution in [0.15, 0.2) is 18.2 Å². The maximum absolute atomic E-state index is 6.04. The molecule has 1 aliphatic rings. The van der Waals surface area contributed by atoms with Gasteiger partial charge in [-0.15, -0.1) is 0 Å². The first-order chi connectivity index (χ1) is 9.19. The number of nitrogen functional groups attached to an aromatic ring is 1. The van der Waals surface area contributed by atoms with Crippen LogP contribution in [-0.4, -0.2) is 38.3 Å². The Balaban J connectivity index is 1.88. The van der Waals surface area contributed by atoms with Crippen molar-refractivity contribution in [3.8, 4) is 5.75 Å². The zero-order valence-electron chi connectivity index (χ0n) is 11.9. The number of hydrogen-bond acceptors (Lipinski definition) is 4. The molecular weight excluding hydrogens is 240 g/mol. The van der Waals surface area contributed by atoms with Gasteiger partial charge in [-0.1, -0.05) is 6.07 Å². The van der Waals surface area contributed by atoms with E-state index in [1.165, 1.54) is 19.3 Å². The van der Waals surface area contributed by atoms with E-state index in [0.717, 1.165) is 36.7 Å². The molecule has 0 aliphatic carbocycles. The van der Waals surface area contributed by atoms with Crippen molar-refractivity contribution in [3.63, 3.8) is 0 Å². The third-order valence-electron chi connectivity index (χ3n) is 3.58. The lowest BCUT2D eigenvalue weighted by atomic mass is 10.1. The van der Waals surface area contributed by atoms with E-state index < -0.39 is 0 Å². The fraction of sp³-hybridized carbons (Fsp3) is 0.600. The van der Waals surface area contributed by atoms with Gasteiger partial charge in [0.15, 0.2) is 0 Å². The molecule has 0 radical (unpaired) electrons. The Hall–Kier alpha value is -1.26. The number of benzene rings is 1. The van der Waals surface area contributed by atoms with E-state index >= 15 is 0 Å². The molecule has 1 heterocycles. The minimum Gasteiger partial charge on any atom is -0.497 e. The lowest BCUT2D eigenvalue weighted by molar-refractivity contribution is -0.00256. The summed E-state index contributed by atoms with van der Waals surface area (Å²) in [6.45, 7) is 2.71. The highest BCUT2D eigenvalue weighted by Gasteiger charge is 2.16. The highest BCUT2D eigenvalue weighted by molar-refractivity contribution is 5.51. The van der Waals surface area contributed by atoms with E-state index in [-0.39, 0.29) is 0 Å². The number of rotatable bonds is 5. The first-order valence-corrected chi connectivity index (χ1v) is 6.91. The molecule has 19 heavy (non-hydrogen) atoms. The molecule has 1 aromatic carbocycles. The smallest absolute Gasteiger partial charge is 0.120 e. The van der Waals surface area contributed by atoms with Gasteiger partial charge in [-0.05, 0) is 37.9 Å². The van der Waals surface area contributed by atoms with E-state index in [9.17, 15) is 0 Å². The van der Waals surface area contributed by atoms with E-state index in [1.807, 2.05) is 18.2 Å². The Morgan fingerprint density at radius 2 is 2.26 bits per heavy atom. The van der Waals surface area contributed by atoms with E-state index in [0.29, 0.717) is 6.10 Å². The molecule has 0 aromatic heterocycles. The molecule has 1 fully saturated rings. The molecule has 1 aromatic rings. The minimum atomic E-state index is 0.373. The summed E-state index contributed by atoms with van der Waals surface area (Å²) in [6.07, 6.45) is 4.02. The Morgan fingerprint density at radius 1 is 1.42 bits per heavy atom. The van der Waals surface area contributed by atoms with Crippen molar-refractivity contribution in [3.05, 3.63) is 23.8 Å². The van der Waals surface area contributed by atoms with Gasteiger partial charge in [0.05, 0.1) is 13.2 Å². The number of ether oxygens (including phenoxy) is 2. The van der Waals surface area contributed by atoms with E-state index in [1.54, 1.807) is 7.11 Å². The molecule has 1 saturated heterocycles. The van der Waals surface area contributed by atoms with Crippen LogP contribution in [0, 0.1) is 0 Å². The lowest BCUT2D eigenvalue weighted by Gasteiger charge is -2.27. The molecule has 0 spiro atoms. The normalized spacial score (nSPS) is 19.6. The third kappa shape index (κ3) is 4.11. The molecule has 0 saturated carbocycles. The van der Waals surface area contributed by atoms with Crippen LogP contribution in [-0.2, 0) is 11.3 Å². The van der Waals surface area contributed by atoms with Crippen LogP contribution in [0.3, 0.4) is 0 Å². The number of methoxy groups -OCH3 is 1. The number of hydrogen-bond donors (Lipinski definition) is 1. The first-order valence-electron chi connectivity index (χ1n) is 6.91. The number of likely N-dealkylation sites (N-methyl/N-ethyl adjacent to an activating group) is 1. The van der Waals surface area contributed by atoms with Crippen LogP contribution in [0.25, 0.3) is 0 Å². The van der Waals surface area contributed by atoms with Gasteiger partial charge >= 0.3 is 0 Å². The monoisotopic (exact) mass is 264 g/mol. The molecular formula is C15H24N2O2. The summed E-state index contributed by atoms with van der Waals surface area (Å²) >= 11 is 0. The molecule has 1 unspecified atom stereocenters. The fourth-order valence-corrected chi connectivity index (χ4v) is 2.50. The average Bonchev–Trinajstić information content (AvgIpc) is 2.42. The van der Waals surface area contributed by atoms with Gasteiger partial charge in [-0.2, -0.15) is 0 Å². The van der Waals surface area contributed by atoms with Gasteiger partial charge < -0.3 is 15.2 Å². The molecule has 1 atom stereocenters. The Bertz CT molecular complexity index is 403. The second-order valence-corrected chi connectivity index (χ2v) is 5.25. The van der Waals surface area contributed by atoms with Crippen LogP contribution < -0.4 is 10.5 Å². The highest BCUT2D eigenvalue weighted by atomic mass is 16.5. The van der Waals surface area contributed by atoms with Gasteiger partial charge in [0.1, 0.15) is 5.75 Å². The topological polar surface area (TPSA) is 47.7 Å². The van der Waals surface area contributed by atoms with Crippen molar-refractivity contribution in [2.24, 2.45) is 0 Å². The SMILES string of the molecule is COc1ccc(CN(C)CC2CCCCO2)c(N)c1. The minimum absolute atomic E-state index is 0.373. The van der Waals surface area contributed by atoms with Gasteiger partial charge in [0, 0.05) is 31.5 Å². The van der Waals surface area contributed by atoms with Gasteiger partial charge in [-0.3, -0.25) is 4.90 Å². The van der Waals surface area contributed by atoms with Crippen LogP contribution in [0.1, 0.15) is 24.8 Å². The fourth-order valence-electron chi connectivity index (χ4n) is 2.50. The molecule has 2 N–H and O–H groups in total. The quantitative estimate of drug-likeness (QED) is 0.829. The van der Waals surface area contributed by atoms with Crippen molar-refractivity contribution in [1.82, 2.24) is 4.90 Å². The second kappa shape index (κ2) is 6.78. The van der Waals surface area contributed by atoms with Crippen molar-refractivity contribution in [1.29, 1.82) is 0 Å². The van der Waals surface area contributed by atoms with Gasteiger partial charge in [0.25, 0.3) is 0 Å². The Kier molecular flexibility index (Phi) is 5.05. The lowest BCUT2D eigenvalue weighted by Crippen LogP contribution is -2.33. The summed E-state index contributed by atoms with van der Waals surface area (Å²) < 4.78 is 10.9. The standard InChI is InChI=1S/C15H24N2O2/c1-17(11-14-5-3-4-8-19-14)10-12-6-7-13(18-2)9-15(12)16/h6-7,9,14H,3-5,8,10-11,16H2,1-2H3. The summed E-state index contributed by atoms with van der Waals surface area (Å²) in [5, 5.41) is 0. The number of nitrogens with two attached hydrogens (primary N) is 1. The summed E-state index contributed by atoms with van der Waals surface area (Å²) in [5.74, 6) is 0.805. The zero-order chi connectivity index (χ0) is 13.7. The van der Waals surface area contributed by atoms with Crippen LogP contribution in [0.2, 0.25) is 0 Å². The zero-order valence-corrected chi connectivity index (χ0v) is 11.9. The molecule has 1 aliphatic heterocycles. The first kappa shape index (κ1) is 14.2. The second-order valence-electron chi connectivity index (χ2n) is 5.25. The van der Waals surface area contributed by atoms with Crippen molar-refractivity contribution >= 4 is 5.69 Å². The van der Waals surface area contributed by atoms with Crippen molar-refractivity contribution in [2.45, 2.75) is 31.9 Å². The van der Waals surface area contributed by atoms with Crippen LogP contribution >= 0.6 is 0 Å². The molecule has 4 heteroatoms. The third-order valence-corrected chi connectivity index (χ3v) is 3.58. The van der Waals surface area contributed by atoms with E-state index in [4.69, 9.17) is 15.2 Å². The molecule has 0 bridgehead atoms. The van der Waals surface area contributed by atoms with Crippen molar-refractivity contribution < 1.29 is 9.47 Å². The maximum Gasteiger partial charge on any atom is 0.120 e. The number of anilines is 1.